The summed E-state index contributed by atoms with van der Waals surface area (Å²) in [6, 6.07) is 12.1. The maximum absolute atomic E-state index is 9.98. The van der Waals surface area contributed by atoms with Gasteiger partial charge in [-0.15, -0.1) is 17.3 Å². The zero-order valence-corrected chi connectivity index (χ0v) is 23.5. The summed E-state index contributed by atoms with van der Waals surface area (Å²) in [6.45, 7) is 8.09. The summed E-state index contributed by atoms with van der Waals surface area (Å²) in [5.41, 5.74) is 1.95. The number of carbonyl (C=O) groups is 3. The molecule has 0 saturated carbocycles. The minimum Gasteiger partial charge on any atom is -0.876 e. The molecule has 2 aromatic heterocycles. The third-order valence-electron chi connectivity index (χ3n) is 3.56. The van der Waals surface area contributed by atoms with Crippen LogP contribution in [0, 0.1) is 49.4 Å². The molecule has 0 amide bonds. The van der Waals surface area contributed by atoms with Crippen LogP contribution in [-0.2, 0) is 14.4 Å². The van der Waals surface area contributed by atoms with Crippen LogP contribution >= 0.6 is 0 Å². The number of ketones is 3. The quantitative estimate of drug-likeness (QED) is 0.244. The van der Waals surface area contributed by atoms with Gasteiger partial charge in [0.2, 0.25) is 0 Å². The first-order valence-electron chi connectivity index (χ1n) is 10.5. The van der Waals surface area contributed by atoms with Crippen molar-refractivity contribution in [1.29, 1.82) is 0 Å². The van der Waals surface area contributed by atoms with E-state index in [0.29, 0.717) is 0 Å². The van der Waals surface area contributed by atoms with Crippen LogP contribution in [0.5, 0.6) is 0 Å². The van der Waals surface area contributed by atoms with Crippen LogP contribution in [0.25, 0.3) is 21.8 Å². The molecule has 0 radical (unpaired) electrons. The van der Waals surface area contributed by atoms with Crippen molar-refractivity contribution in [2.24, 2.45) is 0 Å². The molecule has 9 heteroatoms. The summed E-state index contributed by atoms with van der Waals surface area (Å²) in [7, 11) is 0. The zero-order valence-electron chi connectivity index (χ0n) is 21.1. The fourth-order valence-corrected chi connectivity index (χ4v) is 2.54. The SMILES string of the molecule is CC(=O)C=C(C)[O-].CC(=O)C=C(C)[O-].CC(=O)C=C(C)[O-].[Eu+3].c1cnc2c(c1)ccc1cccnc12. The molecule has 2 heterocycles. The molecule has 36 heavy (non-hydrogen) atoms. The van der Waals surface area contributed by atoms with Gasteiger partial charge in [0.1, 0.15) is 0 Å². The molecule has 3 aromatic rings. The van der Waals surface area contributed by atoms with Crippen molar-refractivity contribution in [3.63, 3.8) is 0 Å². The van der Waals surface area contributed by atoms with Crippen molar-refractivity contribution in [1.82, 2.24) is 9.97 Å². The predicted molar refractivity (Wildman–Crippen MR) is 130 cm³/mol. The van der Waals surface area contributed by atoms with Gasteiger partial charge in [-0.3, -0.25) is 24.4 Å². The molecule has 8 nitrogen and oxygen atoms in total. The van der Waals surface area contributed by atoms with E-state index < -0.39 is 0 Å². The fourth-order valence-electron chi connectivity index (χ4n) is 2.54. The van der Waals surface area contributed by atoms with E-state index >= 15 is 0 Å². The van der Waals surface area contributed by atoms with Crippen molar-refractivity contribution >= 4 is 39.2 Å². The molecule has 0 atom stereocenters. The number of nitrogens with zero attached hydrogens (tertiary/aromatic N) is 2. The number of pyridine rings is 2. The Morgan fingerprint density at radius 3 is 1.06 bits per heavy atom. The van der Waals surface area contributed by atoms with Crippen molar-refractivity contribution in [2.45, 2.75) is 41.5 Å². The van der Waals surface area contributed by atoms with E-state index in [1.54, 1.807) is 12.4 Å². The van der Waals surface area contributed by atoms with Crippen molar-refractivity contribution in [2.75, 3.05) is 0 Å². The number of hydrogen-bond donors (Lipinski definition) is 0. The fraction of sp³-hybridized carbons (Fsp3) is 0.222. The second kappa shape index (κ2) is 19.4. The molecule has 0 unspecified atom stereocenters. The Morgan fingerprint density at radius 1 is 0.583 bits per heavy atom. The number of rotatable bonds is 3. The van der Waals surface area contributed by atoms with E-state index in [9.17, 15) is 29.7 Å². The number of hydrogen-bond acceptors (Lipinski definition) is 8. The molecule has 0 N–H and O–H groups in total. The number of benzene rings is 1. The Balaban J connectivity index is 0. The normalized spacial score (nSPS) is 10.9. The molecular weight excluding hydrogens is 600 g/mol. The second-order valence-corrected chi connectivity index (χ2v) is 7.31. The molecule has 1 aromatic carbocycles. The third kappa shape index (κ3) is 17.7. The monoisotopic (exact) mass is 630 g/mol. The summed E-state index contributed by atoms with van der Waals surface area (Å²) in [6.07, 6.45) is 6.77. The van der Waals surface area contributed by atoms with Crippen molar-refractivity contribution in [3.8, 4) is 0 Å². The van der Waals surface area contributed by atoms with Gasteiger partial charge in [0.25, 0.3) is 0 Å². The Kier molecular flexibility index (Phi) is 19.1. The van der Waals surface area contributed by atoms with Gasteiger partial charge in [-0.05, 0) is 51.1 Å². The molecular formula is C27H29EuN2O6. The van der Waals surface area contributed by atoms with Gasteiger partial charge in [0.15, 0.2) is 17.3 Å². The van der Waals surface area contributed by atoms with E-state index in [4.69, 9.17) is 0 Å². The number of carbonyl (C=O) groups excluding carboxylic acids is 3. The smallest absolute Gasteiger partial charge is 0.876 e. The number of allylic oxidation sites excluding steroid dienone is 6. The first-order chi connectivity index (χ1) is 16.3. The topological polar surface area (TPSA) is 146 Å². The summed E-state index contributed by atoms with van der Waals surface area (Å²) in [4.78, 5) is 38.6. The predicted octanol–water partition coefficient (Wildman–Crippen LogP) is 2.30. The third-order valence-corrected chi connectivity index (χ3v) is 3.56. The largest absolute Gasteiger partial charge is 3.00 e. The van der Waals surface area contributed by atoms with Crippen LogP contribution in [0.4, 0.5) is 0 Å². The summed E-state index contributed by atoms with van der Waals surface area (Å²) in [5, 5.41) is 32.2. The van der Waals surface area contributed by atoms with Crippen LogP contribution in [0.1, 0.15) is 41.5 Å². The Morgan fingerprint density at radius 2 is 0.861 bits per heavy atom. The van der Waals surface area contributed by atoms with Gasteiger partial charge in [-0.25, -0.2) is 0 Å². The first-order valence-corrected chi connectivity index (χ1v) is 10.5. The average Bonchev–Trinajstić information content (AvgIpc) is 2.72. The van der Waals surface area contributed by atoms with Crippen molar-refractivity contribution < 1.29 is 79.1 Å². The van der Waals surface area contributed by atoms with Crippen LogP contribution in [-0.4, -0.2) is 27.3 Å². The maximum atomic E-state index is 9.98. The Bertz CT molecular complexity index is 1120. The summed E-state index contributed by atoms with van der Waals surface area (Å²) in [5.74, 6) is -1.12. The minimum absolute atomic E-state index is 0. The molecule has 3 rings (SSSR count). The maximum Gasteiger partial charge on any atom is 3.00 e. The van der Waals surface area contributed by atoms with Crippen LogP contribution in [0.15, 0.2) is 84.3 Å². The Hall–Kier alpha value is -2.75. The van der Waals surface area contributed by atoms with Crippen LogP contribution < -0.4 is 15.3 Å². The van der Waals surface area contributed by atoms with Gasteiger partial charge < -0.3 is 15.3 Å². The summed E-state index contributed by atoms with van der Waals surface area (Å²) >= 11 is 0. The number of aromatic nitrogens is 2. The van der Waals surface area contributed by atoms with Gasteiger partial charge in [0.05, 0.1) is 11.0 Å². The zero-order chi connectivity index (χ0) is 27.0. The van der Waals surface area contributed by atoms with E-state index in [1.165, 1.54) is 41.5 Å². The van der Waals surface area contributed by atoms with E-state index in [1.807, 2.05) is 12.1 Å². The molecule has 0 aliphatic heterocycles. The molecule has 0 aliphatic carbocycles. The molecule has 0 fully saturated rings. The molecule has 190 valence electrons. The van der Waals surface area contributed by atoms with Gasteiger partial charge in [0, 0.05) is 23.2 Å². The molecule has 0 bridgehead atoms. The van der Waals surface area contributed by atoms with Crippen LogP contribution in [0.2, 0.25) is 0 Å². The van der Waals surface area contributed by atoms with E-state index in [2.05, 4.69) is 34.2 Å². The Labute approximate surface area is 252 Å². The van der Waals surface area contributed by atoms with E-state index in [0.717, 1.165) is 40.0 Å². The van der Waals surface area contributed by atoms with Gasteiger partial charge in [-0.2, -0.15) is 0 Å². The second-order valence-electron chi connectivity index (χ2n) is 7.31. The first kappa shape index (κ1) is 35.4. The van der Waals surface area contributed by atoms with Gasteiger partial charge in [-0.1, -0.05) is 45.0 Å². The number of fused-ring (bicyclic) bond motifs is 3. The van der Waals surface area contributed by atoms with Crippen LogP contribution in [0.3, 0.4) is 0 Å². The molecule has 0 saturated heterocycles. The minimum atomic E-state index is -0.187. The molecule has 0 spiro atoms. The standard InChI is InChI=1S/C12H8N2.3C5H8O2.Eu/c1-3-9-5-6-10-4-2-8-14-12(10)11(9)13-7-1;3*1-4(6)3-5(2)7;/h1-8H;3*3,6H,1-2H3;/q;;;;+3/p-3. The molecule has 0 aliphatic rings. The summed E-state index contributed by atoms with van der Waals surface area (Å²) < 4.78 is 0. The van der Waals surface area contributed by atoms with E-state index in [-0.39, 0.29) is 84.0 Å². The average molecular weight is 630 g/mol. The van der Waals surface area contributed by atoms with Crippen molar-refractivity contribution in [3.05, 3.63) is 84.3 Å². The van der Waals surface area contributed by atoms with Gasteiger partial charge >= 0.3 is 49.4 Å².